The number of hydrogen-bond acceptors (Lipinski definition) is 3. The molecule has 0 saturated carbocycles. The zero-order valence-electron chi connectivity index (χ0n) is 17.6. The molecule has 0 aliphatic carbocycles. The molecule has 3 rings (SSSR count). The van der Waals surface area contributed by atoms with E-state index in [4.69, 9.17) is 0 Å². The number of nitrogens with zero attached hydrogens (tertiary/aromatic N) is 1. The van der Waals surface area contributed by atoms with E-state index in [-0.39, 0.29) is 11.8 Å². The van der Waals surface area contributed by atoms with Gasteiger partial charge in [0.05, 0.1) is 0 Å². The molecule has 154 valence electrons. The van der Waals surface area contributed by atoms with Crippen molar-refractivity contribution in [2.24, 2.45) is 11.8 Å². The van der Waals surface area contributed by atoms with Crippen LogP contribution in [0.5, 0.6) is 0 Å². The van der Waals surface area contributed by atoms with Crippen LogP contribution in [0.3, 0.4) is 0 Å². The predicted octanol–water partition coefficient (Wildman–Crippen LogP) is 4.56. The molecular weight excluding hydrogens is 362 g/mol. The lowest BCUT2D eigenvalue weighted by atomic mass is 9.99. The molecule has 0 bridgehead atoms. The van der Waals surface area contributed by atoms with Gasteiger partial charge >= 0.3 is 0 Å². The lowest BCUT2D eigenvalue weighted by molar-refractivity contribution is 0.0949. The number of nitrogens with one attached hydrogen (secondary N) is 2. The van der Waals surface area contributed by atoms with Crippen LogP contribution in [0, 0.1) is 11.8 Å². The van der Waals surface area contributed by atoms with Gasteiger partial charge in [-0.2, -0.15) is 0 Å². The number of piperidine rings is 1. The van der Waals surface area contributed by atoms with Crippen molar-refractivity contribution in [2.75, 3.05) is 29.9 Å². The van der Waals surface area contributed by atoms with E-state index >= 15 is 0 Å². The van der Waals surface area contributed by atoms with E-state index in [2.05, 4.69) is 34.6 Å². The van der Waals surface area contributed by atoms with Crippen LogP contribution in [0.15, 0.2) is 48.5 Å². The maximum Gasteiger partial charge on any atom is 0.255 e. The smallest absolute Gasteiger partial charge is 0.255 e. The van der Waals surface area contributed by atoms with Gasteiger partial charge in [0.2, 0.25) is 0 Å². The van der Waals surface area contributed by atoms with Gasteiger partial charge in [-0.05, 0) is 67.1 Å². The van der Waals surface area contributed by atoms with Crippen LogP contribution in [-0.2, 0) is 0 Å². The van der Waals surface area contributed by atoms with Crippen molar-refractivity contribution < 1.29 is 9.59 Å². The normalized spacial score (nSPS) is 14.7. The third-order valence-electron chi connectivity index (χ3n) is 5.33. The molecular formula is C24H31N3O2. The van der Waals surface area contributed by atoms with Crippen molar-refractivity contribution in [3.05, 3.63) is 59.7 Å². The van der Waals surface area contributed by atoms with E-state index in [0.29, 0.717) is 23.6 Å². The maximum atomic E-state index is 12.6. The zero-order valence-corrected chi connectivity index (χ0v) is 17.6. The van der Waals surface area contributed by atoms with Crippen LogP contribution in [0.1, 0.15) is 54.3 Å². The molecule has 2 N–H and O–H groups in total. The fourth-order valence-corrected chi connectivity index (χ4v) is 3.43. The topological polar surface area (TPSA) is 61.4 Å². The Bertz CT molecular complexity index is 837. The zero-order chi connectivity index (χ0) is 20.8. The molecule has 5 heteroatoms. The predicted molar refractivity (Wildman–Crippen MR) is 119 cm³/mol. The minimum Gasteiger partial charge on any atom is -0.372 e. The van der Waals surface area contributed by atoms with Crippen LogP contribution in [-0.4, -0.2) is 31.4 Å². The number of amides is 2. The Labute approximate surface area is 173 Å². The van der Waals surface area contributed by atoms with Crippen molar-refractivity contribution in [1.29, 1.82) is 0 Å². The van der Waals surface area contributed by atoms with E-state index in [0.717, 1.165) is 24.7 Å². The summed E-state index contributed by atoms with van der Waals surface area (Å²) in [4.78, 5) is 27.3. The second-order valence-corrected chi connectivity index (χ2v) is 8.36. The van der Waals surface area contributed by atoms with Crippen LogP contribution in [0.4, 0.5) is 11.4 Å². The van der Waals surface area contributed by atoms with Gasteiger partial charge in [-0.15, -0.1) is 0 Å². The molecule has 0 unspecified atom stereocenters. The molecule has 2 aromatic rings. The standard InChI is InChI=1S/C24H31N3O2/c1-17(2)16-25-23(28)19-5-4-6-20(15-19)24(29)26-21-7-9-22(10-8-21)27-13-11-18(3)12-14-27/h4-10,15,17-18H,11-14,16H2,1-3H3,(H,25,28)(H,26,29). The number of benzene rings is 2. The van der Waals surface area contributed by atoms with Crippen molar-refractivity contribution in [3.8, 4) is 0 Å². The Morgan fingerprint density at radius 1 is 1.00 bits per heavy atom. The first-order valence-corrected chi connectivity index (χ1v) is 10.5. The van der Waals surface area contributed by atoms with Crippen molar-refractivity contribution in [2.45, 2.75) is 33.6 Å². The van der Waals surface area contributed by atoms with Crippen LogP contribution < -0.4 is 15.5 Å². The van der Waals surface area contributed by atoms with Crippen LogP contribution in [0.2, 0.25) is 0 Å². The summed E-state index contributed by atoms with van der Waals surface area (Å²) in [7, 11) is 0. The Balaban J connectivity index is 1.61. The first-order valence-electron chi connectivity index (χ1n) is 10.5. The lowest BCUT2D eigenvalue weighted by Crippen LogP contribution is -2.32. The molecule has 0 spiro atoms. The second-order valence-electron chi connectivity index (χ2n) is 8.36. The number of carbonyl (C=O) groups excluding carboxylic acids is 2. The molecule has 29 heavy (non-hydrogen) atoms. The highest BCUT2D eigenvalue weighted by Crippen LogP contribution is 2.24. The highest BCUT2D eigenvalue weighted by molar-refractivity contribution is 6.06. The monoisotopic (exact) mass is 393 g/mol. The molecule has 2 aromatic carbocycles. The molecule has 1 heterocycles. The van der Waals surface area contributed by atoms with Gasteiger partial charge in [0.25, 0.3) is 11.8 Å². The van der Waals surface area contributed by atoms with E-state index in [1.165, 1.54) is 18.5 Å². The number of carbonyl (C=O) groups is 2. The lowest BCUT2D eigenvalue weighted by Gasteiger charge is -2.32. The summed E-state index contributed by atoms with van der Waals surface area (Å²) < 4.78 is 0. The van der Waals surface area contributed by atoms with E-state index in [1.54, 1.807) is 24.3 Å². The van der Waals surface area contributed by atoms with E-state index < -0.39 is 0 Å². The van der Waals surface area contributed by atoms with Gasteiger partial charge in [0.15, 0.2) is 0 Å². The summed E-state index contributed by atoms with van der Waals surface area (Å²) in [6.07, 6.45) is 2.44. The first-order chi connectivity index (χ1) is 13.9. The van der Waals surface area contributed by atoms with Crippen molar-refractivity contribution in [3.63, 3.8) is 0 Å². The summed E-state index contributed by atoms with van der Waals surface area (Å²) in [5.41, 5.74) is 2.90. The molecule has 1 aliphatic rings. The largest absolute Gasteiger partial charge is 0.372 e. The molecule has 2 amide bonds. The van der Waals surface area contributed by atoms with E-state index in [9.17, 15) is 9.59 Å². The third-order valence-corrected chi connectivity index (χ3v) is 5.33. The molecule has 0 aromatic heterocycles. The third kappa shape index (κ3) is 5.83. The minimum atomic E-state index is -0.219. The number of rotatable bonds is 6. The van der Waals surface area contributed by atoms with Crippen LogP contribution >= 0.6 is 0 Å². The second kappa shape index (κ2) is 9.59. The van der Waals surface area contributed by atoms with E-state index in [1.807, 2.05) is 26.0 Å². The number of hydrogen-bond donors (Lipinski definition) is 2. The fourth-order valence-electron chi connectivity index (χ4n) is 3.43. The maximum absolute atomic E-state index is 12.6. The summed E-state index contributed by atoms with van der Waals surface area (Å²) in [5, 5.41) is 5.80. The average molecular weight is 394 g/mol. The Hall–Kier alpha value is -2.82. The molecule has 0 atom stereocenters. The SMILES string of the molecule is CC(C)CNC(=O)c1cccc(C(=O)Nc2ccc(N3CCC(C)CC3)cc2)c1. The summed E-state index contributed by atoms with van der Waals surface area (Å²) in [5.74, 6) is 0.798. The quantitative estimate of drug-likeness (QED) is 0.756. The fraction of sp³-hybridized carbons (Fsp3) is 0.417. The Kier molecular flexibility index (Phi) is 6.91. The Morgan fingerprint density at radius 3 is 2.24 bits per heavy atom. The van der Waals surface area contributed by atoms with Crippen molar-refractivity contribution in [1.82, 2.24) is 5.32 Å². The molecule has 1 aliphatic heterocycles. The van der Waals surface area contributed by atoms with Gasteiger partial charge in [-0.25, -0.2) is 0 Å². The first kappa shape index (κ1) is 20.9. The summed E-state index contributed by atoms with van der Waals surface area (Å²) in [6, 6.07) is 14.8. The molecule has 5 nitrogen and oxygen atoms in total. The van der Waals surface area contributed by atoms with Crippen molar-refractivity contribution >= 4 is 23.2 Å². The van der Waals surface area contributed by atoms with Crippen LogP contribution in [0.25, 0.3) is 0 Å². The van der Waals surface area contributed by atoms with Gasteiger partial charge in [-0.1, -0.05) is 26.8 Å². The highest BCUT2D eigenvalue weighted by Gasteiger charge is 2.16. The minimum absolute atomic E-state index is 0.159. The van der Waals surface area contributed by atoms with Gasteiger partial charge in [0.1, 0.15) is 0 Å². The highest BCUT2D eigenvalue weighted by atomic mass is 16.2. The molecule has 0 radical (unpaired) electrons. The summed E-state index contributed by atoms with van der Waals surface area (Å²) >= 11 is 0. The van der Waals surface area contributed by atoms with Gasteiger partial charge in [-0.3, -0.25) is 9.59 Å². The molecule has 1 fully saturated rings. The Morgan fingerprint density at radius 2 is 1.62 bits per heavy atom. The number of anilines is 2. The average Bonchev–Trinajstić information content (AvgIpc) is 2.73. The summed E-state index contributed by atoms with van der Waals surface area (Å²) in [6.45, 7) is 9.16. The molecule has 1 saturated heterocycles. The van der Waals surface area contributed by atoms with Gasteiger partial charge in [0, 0.05) is 42.1 Å². The van der Waals surface area contributed by atoms with Gasteiger partial charge < -0.3 is 15.5 Å².